The van der Waals surface area contributed by atoms with Gasteiger partial charge >= 0.3 is 5.82 Å². The second-order valence-electron chi connectivity index (χ2n) is 5.19. The van der Waals surface area contributed by atoms with E-state index in [1.165, 1.54) is 4.68 Å². The van der Waals surface area contributed by atoms with Crippen LogP contribution in [-0.4, -0.2) is 20.0 Å². The maximum Gasteiger partial charge on any atom is 0.324 e. The SMILES string of the molecule is N[n+]1c(CO)nn(C(c2ccccc2)c2ccccc2)c1CO. The summed E-state index contributed by atoms with van der Waals surface area (Å²) < 4.78 is 2.90. The molecule has 3 aromatic rings. The Kier molecular flexibility index (Phi) is 4.36. The first-order valence-electron chi connectivity index (χ1n) is 7.35. The van der Waals surface area contributed by atoms with Crippen LogP contribution in [0.1, 0.15) is 28.8 Å². The largest absolute Gasteiger partial charge is 0.385 e. The van der Waals surface area contributed by atoms with E-state index in [-0.39, 0.29) is 19.3 Å². The van der Waals surface area contributed by atoms with Gasteiger partial charge in [-0.15, -0.1) is 4.68 Å². The van der Waals surface area contributed by atoms with E-state index in [4.69, 9.17) is 5.84 Å². The lowest BCUT2D eigenvalue weighted by Crippen LogP contribution is -2.50. The Bertz CT molecular complexity index is 733. The standard InChI is InChI=1S/C17H19N4O2/c18-20-15(11-22)19-21(16(20)12-23)17(13-7-3-1-4-8-13)14-9-5-2-6-10-14/h1-10,17,22-23H,11-12,18H2/q+1. The van der Waals surface area contributed by atoms with Crippen molar-refractivity contribution in [1.82, 2.24) is 9.78 Å². The van der Waals surface area contributed by atoms with Gasteiger partial charge in [-0.25, -0.2) is 0 Å². The fourth-order valence-electron chi connectivity index (χ4n) is 2.70. The molecule has 0 amide bonds. The highest BCUT2D eigenvalue weighted by Gasteiger charge is 2.31. The van der Waals surface area contributed by atoms with Crippen molar-refractivity contribution in [2.45, 2.75) is 19.3 Å². The number of hydrogen-bond acceptors (Lipinski definition) is 4. The van der Waals surface area contributed by atoms with Gasteiger partial charge in [0.1, 0.15) is 13.2 Å². The maximum absolute atomic E-state index is 9.71. The fourth-order valence-corrected chi connectivity index (χ4v) is 2.70. The Balaban J connectivity index is 2.21. The molecule has 0 aliphatic rings. The third-order valence-electron chi connectivity index (χ3n) is 3.80. The van der Waals surface area contributed by atoms with E-state index in [2.05, 4.69) is 5.10 Å². The van der Waals surface area contributed by atoms with Crippen LogP contribution in [0.4, 0.5) is 0 Å². The Hall–Kier alpha value is -2.70. The number of aromatic nitrogens is 3. The van der Waals surface area contributed by atoms with Crippen molar-refractivity contribution in [3.63, 3.8) is 0 Å². The molecule has 0 radical (unpaired) electrons. The fraction of sp³-hybridized carbons (Fsp3) is 0.176. The van der Waals surface area contributed by atoms with Crippen LogP contribution in [0.15, 0.2) is 60.7 Å². The smallest absolute Gasteiger partial charge is 0.324 e. The summed E-state index contributed by atoms with van der Waals surface area (Å²) in [6.07, 6.45) is 0. The summed E-state index contributed by atoms with van der Waals surface area (Å²) in [5.41, 5.74) is 2.03. The molecule has 0 aliphatic heterocycles. The predicted molar refractivity (Wildman–Crippen MR) is 84.5 cm³/mol. The molecule has 23 heavy (non-hydrogen) atoms. The molecule has 0 fully saturated rings. The number of nitrogen functional groups attached to an aromatic ring is 1. The molecule has 0 aliphatic carbocycles. The van der Waals surface area contributed by atoms with Gasteiger partial charge in [0, 0.05) is 5.10 Å². The Labute approximate surface area is 134 Å². The van der Waals surface area contributed by atoms with Crippen LogP contribution in [0.3, 0.4) is 0 Å². The first-order valence-corrected chi connectivity index (χ1v) is 7.35. The van der Waals surface area contributed by atoms with Crippen LogP contribution in [0.25, 0.3) is 0 Å². The van der Waals surface area contributed by atoms with Crippen molar-refractivity contribution >= 4 is 0 Å². The second kappa shape index (κ2) is 6.60. The first kappa shape index (κ1) is 15.2. The summed E-state index contributed by atoms with van der Waals surface area (Å²) in [7, 11) is 0. The molecule has 0 bridgehead atoms. The zero-order chi connectivity index (χ0) is 16.2. The second-order valence-corrected chi connectivity index (χ2v) is 5.19. The van der Waals surface area contributed by atoms with Crippen molar-refractivity contribution < 1.29 is 14.9 Å². The average molecular weight is 311 g/mol. The van der Waals surface area contributed by atoms with Crippen molar-refractivity contribution in [2.24, 2.45) is 0 Å². The summed E-state index contributed by atoms with van der Waals surface area (Å²) in [6, 6.07) is 19.5. The molecule has 1 heterocycles. The predicted octanol–water partition coefficient (Wildman–Crippen LogP) is 0.507. The van der Waals surface area contributed by atoms with Gasteiger partial charge in [0.15, 0.2) is 6.04 Å². The highest BCUT2D eigenvalue weighted by molar-refractivity contribution is 5.32. The lowest BCUT2D eigenvalue weighted by molar-refractivity contribution is -0.659. The molecule has 4 N–H and O–H groups in total. The zero-order valence-electron chi connectivity index (χ0n) is 12.6. The lowest BCUT2D eigenvalue weighted by Gasteiger charge is -2.14. The van der Waals surface area contributed by atoms with Crippen LogP contribution in [0.5, 0.6) is 0 Å². The molecule has 6 heteroatoms. The molecule has 0 unspecified atom stereocenters. The Morgan fingerprint density at radius 2 is 1.43 bits per heavy atom. The molecule has 1 aromatic heterocycles. The molecule has 6 nitrogen and oxygen atoms in total. The van der Waals surface area contributed by atoms with Crippen molar-refractivity contribution in [2.75, 3.05) is 5.84 Å². The minimum Gasteiger partial charge on any atom is -0.385 e. The third kappa shape index (κ3) is 2.81. The molecule has 0 spiro atoms. The van der Waals surface area contributed by atoms with Crippen molar-refractivity contribution in [3.05, 3.63) is 83.4 Å². The lowest BCUT2D eigenvalue weighted by atomic mass is 9.99. The van der Waals surface area contributed by atoms with Crippen LogP contribution in [0.2, 0.25) is 0 Å². The number of aliphatic hydroxyl groups excluding tert-OH is 2. The van der Waals surface area contributed by atoms with Crippen LogP contribution in [0, 0.1) is 0 Å². The Morgan fingerprint density at radius 3 is 1.87 bits per heavy atom. The normalized spacial score (nSPS) is 11.1. The van der Waals surface area contributed by atoms with E-state index in [0.717, 1.165) is 11.1 Å². The monoisotopic (exact) mass is 311 g/mol. The summed E-state index contributed by atoms with van der Waals surface area (Å²) >= 11 is 0. The van der Waals surface area contributed by atoms with Crippen molar-refractivity contribution in [3.8, 4) is 0 Å². The van der Waals surface area contributed by atoms with E-state index < -0.39 is 0 Å². The minimum atomic E-state index is -0.299. The van der Waals surface area contributed by atoms with Gasteiger partial charge in [0.05, 0.1) is 0 Å². The van der Waals surface area contributed by atoms with Gasteiger partial charge < -0.3 is 10.2 Å². The Morgan fingerprint density at radius 1 is 0.913 bits per heavy atom. The van der Waals surface area contributed by atoms with Gasteiger partial charge in [-0.05, 0) is 11.1 Å². The van der Waals surface area contributed by atoms with E-state index >= 15 is 0 Å². The molecule has 3 rings (SSSR count). The first-order chi connectivity index (χ1) is 11.3. The maximum atomic E-state index is 9.71. The van der Waals surface area contributed by atoms with Crippen molar-refractivity contribution in [1.29, 1.82) is 0 Å². The molecular weight excluding hydrogens is 292 g/mol. The van der Waals surface area contributed by atoms with Crippen LogP contribution < -0.4 is 10.5 Å². The highest BCUT2D eigenvalue weighted by Crippen LogP contribution is 2.26. The third-order valence-corrected chi connectivity index (χ3v) is 3.80. The molecule has 0 saturated heterocycles. The number of nitrogens with two attached hydrogens (primary N) is 1. The van der Waals surface area contributed by atoms with Gasteiger partial charge in [-0.1, -0.05) is 65.3 Å². The van der Waals surface area contributed by atoms with E-state index in [0.29, 0.717) is 11.6 Å². The summed E-state index contributed by atoms with van der Waals surface area (Å²) in [5.74, 6) is 6.65. The zero-order valence-corrected chi connectivity index (χ0v) is 12.6. The van der Waals surface area contributed by atoms with Crippen LogP contribution in [-0.2, 0) is 13.2 Å². The highest BCUT2D eigenvalue weighted by atomic mass is 16.3. The quantitative estimate of drug-likeness (QED) is 0.473. The minimum absolute atomic E-state index is 0.241. The molecule has 2 aromatic carbocycles. The van der Waals surface area contributed by atoms with E-state index in [9.17, 15) is 10.2 Å². The summed E-state index contributed by atoms with van der Waals surface area (Å²) in [4.78, 5) is 0. The molecular formula is C17H19N4O2+. The number of rotatable bonds is 5. The molecule has 0 saturated carbocycles. The van der Waals surface area contributed by atoms with Gasteiger partial charge in [-0.2, -0.15) is 0 Å². The average Bonchev–Trinajstić information content (AvgIpc) is 2.92. The van der Waals surface area contributed by atoms with Gasteiger partial charge in [-0.3, -0.25) is 5.84 Å². The van der Waals surface area contributed by atoms with Crippen LogP contribution >= 0.6 is 0 Å². The number of benzene rings is 2. The topological polar surface area (TPSA) is 88.2 Å². The summed E-state index contributed by atoms with van der Waals surface area (Å²) in [6.45, 7) is -0.577. The molecule has 0 atom stereocenters. The van der Waals surface area contributed by atoms with E-state index in [1.54, 1.807) is 4.68 Å². The van der Waals surface area contributed by atoms with E-state index in [1.807, 2.05) is 60.7 Å². The molecule has 118 valence electrons. The number of hydrogen-bond donors (Lipinski definition) is 3. The number of nitrogens with zero attached hydrogens (tertiary/aromatic N) is 3. The summed E-state index contributed by atoms with van der Waals surface area (Å²) in [5, 5.41) is 23.5. The number of aliphatic hydroxyl groups is 2. The van der Waals surface area contributed by atoms with Gasteiger partial charge in [0.2, 0.25) is 0 Å². The van der Waals surface area contributed by atoms with Gasteiger partial charge in [0.25, 0.3) is 5.82 Å².